The minimum atomic E-state index is -4.18. The van der Waals surface area contributed by atoms with E-state index < -0.39 is 30.8 Å². The zero-order valence-electron chi connectivity index (χ0n) is 12.1. The smallest absolute Gasteiger partial charge is 0.240 e. The number of halogens is 1. The molecular weight excluding hydrogens is 319 g/mol. The molecule has 3 N–H and O–H groups in total. The highest BCUT2D eigenvalue weighted by molar-refractivity contribution is 7.92. The van der Waals surface area contributed by atoms with E-state index in [4.69, 9.17) is 5.14 Å². The van der Waals surface area contributed by atoms with E-state index >= 15 is 0 Å². The molecule has 1 aromatic rings. The van der Waals surface area contributed by atoms with Crippen LogP contribution < -0.4 is 9.86 Å². The van der Waals surface area contributed by atoms with E-state index in [-0.39, 0.29) is 16.9 Å². The molecule has 0 amide bonds. The molecule has 0 heterocycles. The molecule has 1 rings (SSSR count). The van der Waals surface area contributed by atoms with E-state index in [9.17, 15) is 21.2 Å². The van der Waals surface area contributed by atoms with Crippen LogP contribution in [0.4, 0.5) is 10.1 Å². The van der Waals surface area contributed by atoms with Crippen LogP contribution in [-0.4, -0.2) is 22.6 Å². The Morgan fingerprint density at radius 3 is 2.19 bits per heavy atom. The van der Waals surface area contributed by atoms with Crippen LogP contribution in [0.5, 0.6) is 0 Å². The number of anilines is 1. The molecule has 1 aromatic carbocycles. The first-order valence-electron chi connectivity index (χ1n) is 6.13. The van der Waals surface area contributed by atoms with Gasteiger partial charge in [0.1, 0.15) is 10.7 Å². The topological polar surface area (TPSA) is 106 Å². The summed E-state index contributed by atoms with van der Waals surface area (Å²) in [4.78, 5) is -0.680. The summed E-state index contributed by atoms with van der Waals surface area (Å²) in [6, 6.07) is 2.86. The zero-order valence-corrected chi connectivity index (χ0v) is 13.7. The lowest BCUT2D eigenvalue weighted by atomic mass is 9.94. The van der Waals surface area contributed by atoms with Crippen molar-refractivity contribution in [3.05, 3.63) is 24.0 Å². The number of primary sulfonamides is 1. The van der Waals surface area contributed by atoms with Crippen LogP contribution in [0.3, 0.4) is 0 Å². The fraction of sp³-hybridized carbons (Fsp3) is 0.500. The van der Waals surface area contributed by atoms with E-state index in [1.165, 1.54) is 0 Å². The Morgan fingerprint density at radius 1 is 1.19 bits per heavy atom. The van der Waals surface area contributed by atoms with Crippen LogP contribution in [0.15, 0.2) is 23.1 Å². The average Bonchev–Trinajstić information content (AvgIpc) is 2.23. The number of nitrogens with one attached hydrogen (secondary N) is 1. The number of nitrogens with two attached hydrogens (primary N) is 1. The largest absolute Gasteiger partial charge is 0.283 e. The fourth-order valence-corrected chi connectivity index (χ4v) is 3.52. The highest BCUT2D eigenvalue weighted by Crippen LogP contribution is 2.22. The maximum atomic E-state index is 13.6. The third kappa shape index (κ3) is 5.98. The van der Waals surface area contributed by atoms with Crippen LogP contribution in [0.2, 0.25) is 0 Å². The van der Waals surface area contributed by atoms with E-state index in [1.807, 2.05) is 20.8 Å². The molecule has 0 aliphatic rings. The number of sulfonamides is 2. The monoisotopic (exact) mass is 338 g/mol. The van der Waals surface area contributed by atoms with Crippen molar-refractivity contribution in [1.29, 1.82) is 0 Å². The molecule has 0 aliphatic carbocycles. The quantitative estimate of drug-likeness (QED) is 0.851. The normalized spacial score (nSPS) is 13.2. The lowest BCUT2D eigenvalue weighted by Gasteiger charge is -2.18. The van der Waals surface area contributed by atoms with E-state index in [2.05, 4.69) is 4.72 Å². The standard InChI is InChI=1S/C12H19FN2O4S2/c1-12(2,3)6-7-20(16,17)15-9-4-5-11(10(13)8-9)21(14,18)19/h4-5,8,15H,6-7H2,1-3H3,(H2,14,18,19). The van der Waals surface area contributed by atoms with Crippen molar-refractivity contribution in [2.75, 3.05) is 10.5 Å². The van der Waals surface area contributed by atoms with Crippen LogP contribution in [0.25, 0.3) is 0 Å². The molecule has 0 unspecified atom stereocenters. The van der Waals surface area contributed by atoms with Crippen molar-refractivity contribution in [3.8, 4) is 0 Å². The molecule has 0 saturated heterocycles. The summed E-state index contributed by atoms with van der Waals surface area (Å²) in [5.74, 6) is -1.22. The Labute approximate surface area is 124 Å². The van der Waals surface area contributed by atoms with Gasteiger partial charge in [-0.25, -0.2) is 26.4 Å². The molecule has 0 bridgehead atoms. The minimum Gasteiger partial charge on any atom is -0.283 e. The summed E-state index contributed by atoms with van der Waals surface area (Å²) in [6.45, 7) is 5.72. The molecule has 0 fully saturated rings. The third-order valence-electron chi connectivity index (χ3n) is 2.63. The van der Waals surface area contributed by atoms with Gasteiger partial charge in [-0.15, -0.1) is 0 Å². The van der Waals surface area contributed by atoms with Gasteiger partial charge in [0.15, 0.2) is 0 Å². The molecular formula is C12H19FN2O4S2. The maximum absolute atomic E-state index is 13.6. The maximum Gasteiger partial charge on any atom is 0.240 e. The van der Waals surface area contributed by atoms with Gasteiger partial charge in [0.25, 0.3) is 0 Å². The fourth-order valence-electron chi connectivity index (χ4n) is 1.47. The molecule has 0 aromatic heterocycles. The SMILES string of the molecule is CC(C)(C)CCS(=O)(=O)Nc1ccc(S(N)(=O)=O)c(F)c1. The van der Waals surface area contributed by atoms with Crippen molar-refractivity contribution in [2.45, 2.75) is 32.1 Å². The molecule has 0 saturated carbocycles. The lowest BCUT2D eigenvalue weighted by molar-refractivity contribution is 0.397. The van der Waals surface area contributed by atoms with Gasteiger partial charge in [-0.05, 0) is 30.0 Å². The van der Waals surface area contributed by atoms with E-state index in [1.54, 1.807) is 0 Å². The number of rotatable bonds is 5. The molecule has 21 heavy (non-hydrogen) atoms. The number of hydrogen-bond donors (Lipinski definition) is 2. The molecule has 0 atom stereocenters. The van der Waals surface area contributed by atoms with Crippen molar-refractivity contribution >= 4 is 25.7 Å². The van der Waals surface area contributed by atoms with Gasteiger partial charge >= 0.3 is 0 Å². The lowest BCUT2D eigenvalue weighted by Crippen LogP contribution is -2.21. The first-order chi connectivity index (χ1) is 9.30. The van der Waals surface area contributed by atoms with Crippen molar-refractivity contribution in [3.63, 3.8) is 0 Å². The van der Waals surface area contributed by atoms with E-state index in [0.717, 1.165) is 18.2 Å². The Kier molecular flexibility index (Phi) is 5.01. The van der Waals surface area contributed by atoms with Crippen LogP contribution in [0, 0.1) is 11.2 Å². The summed E-state index contributed by atoms with van der Waals surface area (Å²) >= 11 is 0. The first-order valence-corrected chi connectivity index (χ1v) is 9.33. The molecule has 120 valence electrons. The molecule has 9 heteroatoms. The van der Waals surface area contributed by atoms with Crippen LogP contribution >= 0.6 is 0 Å². The number of benzene rings is 1. The van der Waals surface area contributed by atoms with Gasteiger partial charge < -0.3 is 0 Å². The molecule has 6 nitrogen and oxygen atoms in total. The second-order valence-electron chi connectivity index (χ2n) is 5.92. The second-order valence-corrected chi connectivity index (χ2v) is 9.29. The van der Waals surface area contributed by atoms with Crippen molar-refractivity contribution in [2.24, 2.45) is 10.6 Å². The third-order valence-corrected chi connectivity index (χ3v) is 4.86. The van der Waals surface area contributed by atoms with E-state index in [0.29, 0.717) is 6.42 Å². The highest BCUT2D eigenvalue weighted by atomic mass is 32.2. The predicted octanol–water partition coefficient (Wildman–Crippen LogP) is 1.65. The summed E-state index contributed by atoms with van der Waals surface area (Å²) in [7, 11) is -7.81. The summed E-state index contributed by atoms with van der Waals surface area (Å²) in [5.41, 5.74) is -0.203. The average molecular weight is 338 g/mol. The molecule has 0 spiro atoms. The molecule has 0 aliphatic heterocycles. The summed E-state index contributed by atoms with van der Waals surface area (Å²) in [5, 5.41) is 4.82. The van der Waals surface area contributed by atoms with Gasteiger partial charge in [0, 0.05) is 0 Å². The summed E-state index contributed by atoms with van der Waals surface area (Å²) < 4.78 is 61.7. The number of hydrogen-bond acceptors (Lipinski definition) is 4. The van der Waals surface area contributed by atoms with Gasteiger partial charge in [-0.2, -0.15) is 0 Å². The van der Waals surface area contributed by atoms with Gasteiger partial charge in [0.05, 0.1) is 11.4 Å². The van der Waals surface area contributed by atoms with Gasteiger partial charge in [-0.1, -0.05) is 20.8 Å². The summed E-state index contributed by atoms with van der Waals surface area (Å²) in [6.07, 6.45) is 0.431. The predicted molar refractivity (Wildman–Crippen MR) is 79.3 cm³/mol. The first kappa shape index (κ1) is 17.9. The zero-order chi connectivity index (χ0) is 16.5. The van der Waals surface area contributed by atoms with Gasteiger partial charge in [-0.3, -0.25) is 4.72 Å². The van der Waals surface area contributed by atoms with Crippen molar-refractivity contribution < 1.29 is 21.2 Å². The Bertz CT molecular complexity index is 722. The van der Waals surface area contributed by atoms with Crippen LogP contribution in [-0.2, 0) is 20.0 Å². The highest BCUT2D eigenvalue weighted by Gasteiger charge is 2.19. The second kappa shape index (κ2) is 5.90. The minimum absolute atomic E-state index is 0.0474. The van der Waals surface area contributed by atoms with Crippen molar-refractivity contribution in [1.82, 2.24) is 0 Å². The van der Waals surface area contributed by atoms with Crippen LogP contribution in [0.1, 0.15) is 27.2 Å². The van der Waals surface area contributed by atoms with Gasteiger partial charge in [0.2, 0.25) is 20.0 Å². The Hall–Kier alpha value is -1.19. The Balaban J connectivity index is 2.92. The molecule has 0 radical (unpaired) electrons. The Morgan fingerprint density at radius 2 is 1.76 bits per heavy atom.